The molecule has 0 unspecified atom stereocenters. The van der Waals surface area contributed by atoms with E-state index >= 15 is 0 Å². The lowest BCUT2D eigenvalue weighted by molar-refractivity contribution is 0.106. The maximum Gasteiger partial charge on any atom is 0.225 e. The molecule has 5 heteroatoms. The van der Waals surface area contributed by atoms with Crippen LogP contribution < -0.4 is 5.43 Å². The summed E-state index contributed by atoms with van der Waals surface area (Å²) in [4.78, 5) is 12.2. The average molecular weight is 298 g/mol. The Labute approximate surface area is 127 Å². The molecule has 0 saturated heterocycles. The number of Topliss-reactive ketones (excluding diaryl/α,β-unsaturated/α-hetero) is 1. The highest BCUT2D eigenvalue weighted by Gasteiger charge is 2.16. The van der Waals surface area contributed by atoms with Crippen LogP contribution in [0.5, 0.6) is 0 Å². The number of carbonyl (C=O) groups excluding carboxylic acids is 1. The summed E-state index contributed by atoms with van der Waals surface area (Å²) in [5.74, 6) is -0.511. The summed E-state index contributed by atoms with van der Waals surface area (Å²) in [5.41, 5.74) is 4.51. The van der Waals surface area contributed by atoms with E-state index in [9.17, 15) is 4.79 Å². The van der Waals surface area contributed by atoms with Crippen LogP contribution in [0.25, 0.3) is 0 Å². The molecule has 0 aromatic heterocycles. The molecule has 2 aromatic rings. The zero-order valence-electron chi connectivity index (χ0n) is 11.3. The van der Waals surface area contributed by atoms with E-state index in [2.05, 4.69) is 10.5 Å². The second-order valence-electron chi connectivity index (χ2n) is 4.36. The third kappa shape index (κ3) is 3.68. The van der Waals surface area contributed by atoms with Gasteiger partial charge in [-0.05, 0) is 31.2 Å². The van der Waals surface area contributed by atoms with Gasteiger partial charge in [0.2, 0.25) is 11.5 Å². The molecule has 0 spiro atoms. The number of nitrogens with zero attached hydrogens (tertiary/aromatic N) is 2. The first kappa shape index (κ1) is 14.8. The fraction of sp³-hybridized carbons (Fsp3) is 0.0625. The summed E-state index contributed by atoms with van der Waals surface area (Å²) in [7, 11) is 0. The molecule has 0 saturated carbocycles. The molecule has 21 heavy (non-hydrogen) atoms. The number of hydrazone groups is 1. The summed E-state index contributed by atoms with van der Waals surface area (Å²) < 4.78 is 0. The molecule has 0 bridgehead atoms. The largest absolute Gasteiger partial charge is 0.286 e. The zero-order valence-corrected chi connectivity index (χ0v) is 12.1. The van der Waals surface area contributed by atoms with Gasteiger partial charge in [-0.1, -0.05) is 41.4 Å². The number of hydrogen-bond donors (Lipinski definition) is 1. The van der Waals surface area contributed by atoms with Crippen molar-refractivity contribution < 1.29 is 4.79 Å². The van der Waals surface area contributed by atoms with Crippen molar-refractivity contribution in [3.05, 3.63) is 64.7 Å². The third-order valence-electron chi connectivity index (χ3n) is 2.79. The van der Waals surface area contributed by atoms with Gasteiger partial charge in [0.1, 0.15) is 6.07 Å². The number of halogens is 1. The topological polar surface area (TPSA) is 65.2 Å². The van der Waals surface area contributed by atoms with E-state index in [4.69, 9.17) is 16.9 Å². The smallest absolute Gasteiger partial charge is 0.225 e. The minimum absolute atomic E-state index is 0.247. The summed E-state index contributed by atoms with van der Waals surface area (Å²) in [5, 5.41) is 13.2. The van der Waals surface area contributed by atoms with Crippen LogP contribution in [0.2, 0.25) is 5.02 Å². The number of nitrogens with one attached hydrogen (secondary N) is 1. The number of aryl methyl sites for hydroxylation is 1. The SMILES string of the molecule is Cc1ccc(N/N=C(/C#N)C(=O)c2ccccc2Cl)cc1. The molecule has 1 N–H and O–H groups in total. The summed E-state index contributed by atoms with van der Waals surface area (Å²) in [6.45, 7) is 1.97. The predicted octanol–water partition coefficient (Wildman–Crippen LogP) is 3.82. The van der Waals surface area contributed by atoms with E-state index < -0.39 is 5.78 Å². The number of rotatable bonds is 4. The van der Waals surface area contributed by atoms with Crippen molar-refractivity contribution >= 4 is 28.8 Å². The molecule has 0 amide bonds. The number of ketones is 1. The second kappa shape index (κ2) is 6.69. The highest BCUT2D eigenvalue weighted by molar-refractivity contribution is 6.53. The van der Waals surface area contributed by atoms with Gasteiger partial charge >= 0.3 is 0 Å². The van der Waals surface area contributed by atoms with Gasteiger partial charge in [0.05, 0.1) is 10.7 Å². The van der Waals surface area contributed by atoms with Crippen molar-refractivity contribution in [2.24, 2.45) is 5.10 Å². The Morgan fingerprint density at radius 2 is 1.86 bits per heavy atom. The van der Waals surface area contributed by atoms with Gasteiger partial charge < -0.3 is 0 Å². The third-order valence-corrected chi connectivity index (χ3v) is 3.12. The molecule has 0 heterocycles. The molecule has 4 nitrogen and oxygen atoms in total. The molecule has 0 atom stereocenters. The van der Waals surface area contributed by atoms with Crippen molar-refractivity contribution in [2.75, 3.05) is 5.43 Å². The number of nitriles is 1. The fourth-order valence-electron chi connectivity index (χ4n) is 1.65. The van der Waals surface area contributed by atoms with Crippen molar-refractivity contribution in [1.29, 1.82) is 5.26 Å². The Kier molecular flexibility index (Phi) is 4.70. The Balaban J connectivity index is 2.22. The van der Waals surface area contributed by atoms with Gasteiger partial charge in [0.25, 0.3) is 0 Å². The summed E-state index contributed by atoms with van der Waals surface area (Å²) in [6, 6.07) is 15.8. The molecule has 0 aliphatic heterocycles. The van der Waals surface area contributed by atoms with Gasteiger partial charge in [-0.25, -0.2) is 0 Å². The highest BCUT2D eigenvalue weighted by atomic mass is 35.5. The molecule has 0 aliphatic carbocycles. The van der Waals surface area contributed by atoms with Crippen LogP contribution in [-0.4, -0.2) is 11.5 Å². The Hall–Kier alpha value is -2.64. The van der Waals surface area contributed by atoms with E-state index in [1.165, 1.54) is 0 Å². The first-order chi connectivity index (χ1) is 10.1. The normalized spacial score (nSPS) is 10.8. The Morgan fingerprint density at radius 3 is 2.48 bits per heavy atom. The number of anilines is 1. The Morgan fingerprint density at radius 1 is 1.19 bits per heavy atom. The molecule has 104 valence electrons. The van der Waals surface area contributed by atoms with Gasteiger partial charge in [-0.3, -0.25) is 10.2 Å². The monoisotopic (exact) mass is 297 g/mol. The zero-order chi connectivity index (χ0) is 15.2. The quantitative estimate of drug-likeness (QED) is 0.530. The van der Waals surface area contributed by atoms with Crippen molar-refractivity contribution in [3.8, 4) is 6.07 Å². The first-order valence-corrected chi connectivity index (χ1v) is 6.59. The lowest BCUT2D eigenvalue weighted by atomic mass is 10.1. The van der Waals surface area contributed by atoms with Crippen molar-refractivity contribution in [1.82, 2.24) is 0 Å². The van der Waals surface area contributed by atoms with E-state index in [1.54, 1.807) is 30.3 Å². The average Bonchev–Trinajstić information content (AvgIpc) is 2.50. The maximum absolute atomic E-state index is 12.2. The predicted molar refractivity (Wildman–Crippen MR) is 83.6 cm³/mol. The van der Waals surface area contributed by atoms with Crippen LogP contribution >= 0.6 is 11.6 Å². The summed E-state index contributed by atoms with van der Waals surface area (Å²) >= 11 is 5.95. The van der Waals surface area contributed by atoms with Gasteiger partial charge in [0, 0.05) is 5.56 Å². The minimum Gasteiger partial charge on any atom is -0.286 e. The van der Waals surface area contributed by atoms with E-state index in [-0.39, 0.29) is 11.3 Å². The number of hydrogen-bond acceptors (Lipinski definition) is 4. The van der Waals surface area contributed by atoms with Gasteiger partial charge in [0.15, 0.2) is 0 Å². The lowest BCUT2D eigenvalue weighted by Crippen LogP contribution is -2.14. The lowest BCUT2D eigenvalue weighted by Gasteiger charge is -2.03. The van der Waals surface area contributed by atoms with Crippen LogP contribution in [0.15, 0.2) is 53.6 Å². The minimum atomic E-state index is -0.511. The van der Waals surface area contributed by atoms with Crippen LogP contribution in [0.4, 0.5) is 5.69 Å². The summed E-state index contributed by atoms with van der Waals surface area (Å²) in [6.07, 6.45) is 0. The molecular formula is C16H12ClN3O. The van der Waals surface area contributed by atoms with Crippen LogP contribution in [0.3, 0.4) is 0 Å². The van der Waals surface area contributed by atoms with Crippen LogP contribution in [0.1, 0.15) is 15.9 Å². The standard InChI is InChI=1S/C16H12ClN3O/c1-11-6-8-12(9-7-11)19-20-15(10-18)16(21)13-4-2-3-5-14(13)17/h2-9,19H,1H3/b20-15-. The number of benzene rings is 2. The Bertz CT molecular complexity index is 730. The van der Waals surface area contributed by atoms with E-state index in [0.29, 0.717) is 10.7 Å². The molecule has 0 radical (unpaired) electrons. The number of carbonyl (C=O) groups is 1. The van der Waals surface area contributed by atoms with E-state index in [0.717, 1.165) is 5.56 Å². The molecular weight excluding hydrogens is 286 g/mol. The van der Waals surface area contributed by atoms with Crippen molar-refractivity contribution in [3.63, 3.8) is 0 Å². The maximum atomic E-state index is 12.2. The van der Waals surface area contributed by atoms with Crippen LogP contribution in [-0.2, 0) is 0 Å². The molecule has 2 rings (SSSR count). The molecule has 0 fully saturated rings. The molecule has 2 aromatic carbocycles. The second-order valence-corrected chi connectivity index (χ2v) is 4.77. The van der Waals surface area contributed by atoms with E-state index in [1.807, 2.05) is 31.2 Å². The van der Waals surface area contributed by atoms with Gasteiger partial charge in [-0.15, -0.1) is 0 Å². The van der Waals surface area contributed by atoms with Gasteiger partial charge in [-0.2, -0.15) is 10.4 Å². The van der Waals surface area contributed by atoms with Crippen LogP contribution in [0, 0.1) is 18.3 Å². The first-order valence-electron chi connectivity index (χ1n) is 6.21. The fourth-order valence-corrected chi connectivity index (χ4v) is 1.87. The molecule has 0 aliphatic rings. The van der Waals surface area contributed by atoms with Crippen molar-refractivity contribution in [2.45, 2.75) is 6.92 Å². The highest BCUT2D eigenvalue weighted by Crippen LogP contribution is 2.16.